The van der Waals surface area contributed by atoms with Gasteiger partial charge in [-0.1, -0.05) is 65.2 Å². The predicted octanol–water partition coefficient (Wildman–Crippen LogP) is 7.76. The van der Waals surface area contributed by atoms with Crippen LogP contribution < -0.4 is 14.2 Å². The first-order valence-corrected chi connectivity index (χ1v) is 13.5. The summed E-state index contributed by atoms with van der Waals surface area (Å²) in [5.41, 5.74) is 0.492. The van der Waals surface area contributed by atoms with Crippen LogP contribution >= 0.6 is 0 Å². The van der Waals surface area contributed by atoms with E-state index in [1.54, 1.807) is 24.3 Å². The lowest BCUT2D eigenvalue weighted by molar-refractivity contribution is 0.0734. The van der Waals surface area contributed by atoms with Crippen molar-refractivity contribution in [1.82, 2.24) is 0 Å². The van der Waals surface area contributed by atoms with Crippen molar-refractivity contribution in [2.24, 2.45) is 0 Å². The molecule has 35 heavy (non-hydrogen) atoms. The summed E-state index contributed by atoms with van der Waals surface area (Å²) in [6, 6.07) is 14.3. The van der Waals surface area contributed by atoms with E-state index in [-0.39, 0.29) is 12.2 Å². The molecule has 1 fully saturated rings. The molecule has 0 N–H and O–H groups in total. The Labute approximate surface area is 211 Å². The highest BCUT2D eigenvalue weighted by molar-refractivity contribution is 5.91. The smallest absolute Gasteiger partial charge is 0.343 e. The summed E-state index contributed by atoms with van der Waals surface area (Å²) in [6.45, 7) is 7.14. The lowest BCUT2D eigenvalue weighted by Gasteiger charge is -2.13. The van der Waals surface area contributed by atoms with Crippen molar-refractivity contribution in [3.8, 4) is 17.2 Å². The van der Waals surface area contributed by atoms with Crippen LogP contribution in [0.1, 0.15) is 95.3 Å². The molecular weight excluding hydrogens is 440 g/mol. The highest BCUT2D eigenvalue weighted by atomic mass is 16.6. The molecule has 1 aliphatic heterocycles. The van der Waals surface area contributed by atoms with Gasteiger partial charge < -0.3 is 18.9 Å². The summed E-state index contributed by atoms with van der Waals surface area (Å²) >= 11 is 0. The van der Waals surface area contributed by atoms with Gasteiger partial charge in [-0.3, -0.25) is 0 Å². The molecule has 3 rings (SSSR count). The zero-order chi connectivity index (χ0) is 24.9. The van der Waals surface area contributed by atoms with E-state index in [0.717, 1.165) is 30.8 Å². The molecule has 5 heteroatoms. The van der Waals surface area contributed by atoms with Crippen LogP contribution in [0.3, 0.4) is 0 Å². The highest BCUT2D eigenvalue weighted by Gasteiger charge is 2.43. The van der Waals surface area contributed by atoms with Crippen molar-refractivity contribution in [2.45, 2.75) is 103 Å². The Bertz CT molecular complexity index is 861. The molecule has 3 atom stereocenters. The molecule has 192 valence electrons. The van der Waals surface area contributed by atoms with Gasteiger partial charge in [0, 0.05) is 0 Å². The molecule has 0 amide bonds. The first kappa shape index (κ1) is 27.1. The van der Waals surface area contributed by atoms with Gasteiger partial charge in [0.05, 0.1) is 18.3 Å². The van der Waals surface area contributed by atoms with Crippen molar-refractivity contribution in [3.05, 3.63) is 54.1 Å². The van der Waals surface area contributed by atoms with Gasteiger partial charge in [-0.05, 0) is 68.3 Å². The molecule has 0 spiro atoms. The molecule has 0 unspecified atom stereocenters. The van der Waals surface area contributed by atoms with E-state index in [4.69, 9.17) is 18.9 Å². The quantitative estimate of drug-likeness (QED) is 0.0998. The zero-order valence-electron chi connectivity index (χ0n) is 21.7. The molecule has 1 heterocycles. The second kappa shape index (κ2) is 14.8. The number of hydrogen-bond acceptors (Lipinski definition) is 5. The monoisotopic (exact) mass is 482 g/mol. The van der Waals surface area contributed by atoms with Crippen LogP contribution in [-0.4, -0.2) is 30.9 Å². The van der Waals surface area contributed by atoms with E-state index in [0.29, 0.717) is 24.0 Å². The van der Waals surface area contributed by atoms with Gasteiger partial charge in [0.25, 0.3) is 0 Å². The molecule has 0 bridgehead atoms. The van der Waals surface area contributed by atoms with Gasteiger partial charge in [0.1, 0.15) is 29.5 Å². The van der Waals surface area contributed by atoms with Crippen LogP contribution in [-0.2, 0) is 4.74 Å². The van der Waals surface area contributed by atoms with Crippen molar-refractivity contribution < 1.29 is 23.7 Å². The third-order valence-corrected chi connectivity index (χ3v) is 6.37. The Morgan fingerprint density at radius 3 is 2.06 bits per heavy atom. The van der Waals surface area contributed by atoms with Gasteiger partial charge >= 0.3 is 5.97 Å². The van der Waals surface area contributed by atoms with Gasteiger partial charge in [0.2, 0.25) is 0 Å². The van der Waals surface area contributed by atoms with Crippen LogP contribution in [0.5, 0.6) is 17.2 Å². The number of hydrogen-bond donors (Lipinski definition) is 0. The third-order valence-electron chi connectivity index (χ3n) is 6.37. The van der Waals surface area contributed by atoms with Crippen molar-refractivity contribution in [1.29, 1.82) is 0 Å². The number of ether oxygens (including phenoxy) is 4. The standard InChI is InChI=1S/C30H42O5/c1-4-6-7-8-9-10-11-12-22-32-25-16-14-24(15-17-25)30(31)34-27-20-18-26(19-21-27)33-23(3)29-28(35-29)13-5-2/h14-21,23,28-29H,4-13,22H2,1-3H3/t23-,28-,29-/m0/s1. The lowest BCUT2D eigenvalue weighted by atomic mass is 10.1. The maximum atomic E-state index is 12.5. The SMILES string of the molecule is CCCCCCCCCCOc1ccc(C(=O)Oc2ccc(O[C@@H](C)[C@@H]3O[C@H]3CCC)cc2)cc1. The Balaban J connectivity index is 1.34. The fourth-order valence-electron chi connectivity index (χ4n) is 4.23. The molecule has 0 aromatic heterocycles. The molecule has 1 saturated heterocycles. The van der Waals surface area contributed by atoms with E-state index in [1.165, 1.54) is 44.9 Å². The number of carbonyl (C=O) groups is 1. The fourth-order valence-corrected chi connectivity index (χ4v) is 4.23. The summed E-state index contributed by atoms with van der Waals surface area (Å²) in [4.78, 5) is 12.5. The Morgan fingerprint density at radius 2 is 1.40 bits per heavy atom. The number of rotatable bonds is 17. The number of carbonyl (C=O) groups excluding carboxylic acids is 1. The largest absolute Gasteiger partial charge is 0.494 e. The van der Waals surface area contributed by atoms with Crippen molar-refractivity contribution in [3.63, 3.8) is 0 Å². The summed E-state index contributed by atoms with van der Waals surface area (Å²) in [6.07, 6.45) is 12.9. The highest BCUT2D eigenvalue weighted by Crippen LogP contribution is 2.32. The Hall–Kier alpha value is -2.53. The Morgan fingerprint density at radius 1 is 0.800 bits per heavy atom. The van der Waals surface area contributed by atoms with Crippen LogP contribution in [0.2, 0.25) is 0 Å². The molecule has 0 aliphatic carbocycles. The van der Waals surface area contributed by atoms with Crippen LogP contribution in [0.15, 0.2) is 48.5 Å². The summed E-state index contributed by atoms with van der Waals surface area (Å²) in [7, 11) is 0. The van der Waals surface area contributed by atoms with Crippen LogP contribution in [0, 0.1) is 0 Å². The minimum absolute atomic E-state index is 0.00349. The van der Waals surface area contributed by atoms with E-state index in [2.05, 4.69) is 13.8 Å². The molecule has 2 aromatic rings. The van der Waals surface area contributed by atoms with Crippen LogP contribution in [0.4, 0.5) is 0 Å². The maximum Gasteiger partial charge on any atom is 0.343 e. The third kappa shape index (κ3) is 9.56. The topological polar surface area (TPSA) is 57.3 Å². The number of esters is 1. The molecule has 5 nitrogen and oxygen atoms in total. The number of benzene rings is 2. The fraction of sp³-hybridized carbons (Fsp3) is 0.567. The van der Waals surface area contributed by atoms with Gasteiger partial charge in [-0.15, -0.1) is 0 Å². The summed E-state index contributed by atoms with van der Waals surface area (Å²) < 4.78 is 23.0. The second-order valence-corrected chi connectivity index (χ2v) is 9.46. The molecule has 0 radical (unpaired) electrons. The van der Waals surface area contributed by atoms with E-state index >= 15 is 0 Å². The summed E-state index contributed by atoms with van der Waals surface area (Å²) in [5.74, 6) is 1.61. The molecule has 2 aromatic carbocycles. The van der Waals surface area contributed by atoms with E-state index in [1.807, 2.05) is 31.2 Å². The van der Waals surface area contributed by atoms with Gasteiger partial charge in [0.15, 0.2) is 0 Å². The van der Waals surface area contributed by atoms with Gasteiger partial charge in [-0.25, -0.2) is 4.79 Å². The predicted molar refractivity (Wildman–Crippen MR) is 140 cm³/mol. The van der Waals surface area contributed by atoms with E-state index in [9.17, 15) is 4.79 Å². The van der Waals surface area contributed by atoms with E-state index < -0.39 is 5.97 Å². The molecule has 1 aliphatic rings. The minimum Gasteiger partial charge on any atom is -0.494 e. The minimum atomic E-state index is -0.393. The van der Waals surface area contributed by atoms with Gasteiger partial charge in [-0.2, -0.15) is 0 Å². The first-order chi connectivity index (χ1) is 17.1. The Kier molecular flexibility index (Phi) is 11.4. The molecular formula is C30H42O5. The lowest BCUT2D eigenvalue weighted by Crippen LogP contribution is -2.20. The average molecular weight is 483 g/mol. The number of epoxide rings is 1. The normalized spacial score (nSPS) is 17.6. The number of unbranched alkanes of at least 4 members (excludes halogenated alkanes) is 7. The van der Waals surface area contributed by atoms with Crippen molar-refractivity contribution >= 4 is 5.97 Å². The average Bonchev–Trinajstić information content (AvgIpc) is 3.64. The molecule has 0 saturated carbocycles. The first-order valence-electron chi connectivity index (χ1n) is 13.5. The van der Waals surface area contributed by atoms with Crippen LogP contribution in [0.25, 0.3) is 0 Å². The second-order valence-electron chi connectivity index (χ2n) is 9.46. The zero-order valence-corrected chi connectivity index (χ0v) is 21.7. The maximum absolute atomic E-state index is 12.5. The summed E-state index contributed by atoms with van der Waals surface area (Å²) in [5, 5.41) is 0. The van der Waals surface area contributed by atoms with Crippen molar-refractivity contribution in [2.75, 3.05) is 6.61 Å².